The molecule has 0 bridgehead atoms. The number of likely N-dealkylation sites (N-methyl/N-ethyl adjacent to an activating group) is 1. The predicted molar refractivity (Wildman–Crippen MR) is 82.8 cm³/mol. The van der Waals surface area contributed by atoms with Crippen molar-refractivity contribution in [2.75, 3.05) is 29.9 Å². The van der Waals surface area contributed by atoms with E-state index in [0.717, 1.165) is 12.4 Å². The molecule has 3 heterocycles. The molecule has 1 unspecified atom stereocenters. The summed E-state index contributed by atoms with van der Waals surface area (Å²) >= 11 is 0. The van der Waals surface area contributed by atoms with Gasteiger partial charge in [0.25, 0.3) is 0 Å². The summed E-state index contributed by atoms with van der Waals surface area (Å²) in [6, 6.07) is 4.37. The lowest BCUT2D eigenvalue weighted by Crippen LogP contribution is -2.35. The van der Waals surface area contributed by atoms with Gasteiger partial charge in [-0.2, -0.15) is 18.4 Å². The van der Waals surface area contributed by atoms with E-state index in [-0.39, 0.29) is 17.6 Å². The molecule has 7 nitrogen and oxygen atoms in total. The molecule has 0 aromatic carbocycles. The van der Waals surface area contributed by atoms with E-state index < -0.39 is 11.9 Å². The number of hydrogen-bond acceptors (Lipinski definition) is 7. The standard InChI is InChI=1S/C15H14F3N7/c1-24(13-6-12(15(16,17)18)21-9-22-13)11-3-5-25(8-11)14-20-4-2-10(7-19)23-14/h2,4,6,9,11H,3,5,8H2,1H3. The molecular weight excluding hydrogens is 335 g/mol. The highest BCUT2D eigenvalue weighted by Gasteiger charge is 2.34. The lowest BCUT2D eigenvalue weighted by Gasteiger charge is -2.26. The average Bonchev–Trinajstić information content (AvgIpc) is 3.10. The molecule has 0 saturated carbocycles. The van der Waals surface area contributed by atoms with Gasteiger partial charge in [-0.15, -0.1) is 0 Å². The summed E-state index contributed by atoms with van der Waals surface area (Å²) in [4.78, 5) is 19.1. The molecular formula is C15H14F3N7. The van der Waals surface area contributed by atoms with Gasteiger partial charge in [-0.3, -0.25) is 0 Å². The fourth-order valence-electron chi connectivity index (χ4n) is 2.68. The Balaban J connectivity index is 1.74. The maximum Gasteiger partial charge on any atom is 0.433 e. The second-order valence-corrected chi connectivity index (χ2v) is 5.61. The van der Waals surface area contributed by atoms with Crippen LogP contribution in [-0.4, -0.2) is 46.1 Å². The molecule has 1 aliphatic rings. The molecule has 1 saturated heterocycles. The largest absolute Gasteiger partial charge is 0.433 e. The first-order valence-corrected chi connectivity index (χ1v) is 7.48. The molecule has 0 radical (unpaired) electrons. The second-order valence-electron chi connectivity index (χ2n) is 5.61. The number of hydrogen-bond donors (Lipinski definition) is 0. The van der Waals surface area contributed by atoms with E-state index in [1.165, 1.54) is 12.3 Å². The number of alkyl halides is 3. The van der Waals surface area contributed by atoms with Crippen LogP contribution >= 0.6 is 0 Å². The van der Waals surface area contributed by atoms with E-state index in [0.29, 0.717) is 25.5 Å². The molecule has 1 atom stereocenters. The molecule has 0 spiro atoms. The molecule has 1 aliphatic heterocycles. The molecule has 0 aliphatic carbocycles. The van der Waals surface area contributed by atoms with Crippen molar-refractivity contribution in [2.45, 2.75) is 18.6 Å². The van der Waals surface area contributed by atoms with Crippen LogP contribution in [0.4, 0.5) is 24.9 Å². The van der Waals surface area contributed by atoms with Gasteiger partial charge in [-0.1, -0.05) is 0 Å². The molecule has 3 rings (SSSR count). The Kier molecular flexibility index (Phi) is 4.39. The number of halogens is 3. The zero-order valence-electron chi connectivity index (χ0n) is 13.3. The van der Waals surface area contributed by atoms with E-state index in [4.69, 9.17) is 5.26 Å². The molecule has 10 heteroatoms. The highest BCUT2D eigenvalue weighted by atomic mass is 19.4. The predicted octanol–water partition coefficient (Wildman–Crippen LogP) is 1.87. The Morgan fingerprint density at radius 1 is 1.32 bits per heavy atom. The lowest BCUT2D eigenvalue weighted by atomic mass is 10.2. The first kappa shape index (κ1) is 16.9. The summed E-state index contributed by atoms with van der Waals surface area (Å²) in [5.74, 6) is 0.648. The van der Waals surface area contributed by atoms with Crippen LogP contribution in [0.15, 0.2) is 24.7 Å². The van der Waals surface area contributed by atoms with Gasteiger partial charge in [0.2, 0.25) is 5.95 Å². The summed E-state index contributed by atoms with van der Waals surface area (Å²) in [6.07, 6.45) is -1.37. The SMILES string of the molecule is CN(c1cc(C(F)(F)F)ncn1)C1CCN(c2nccc(C#N)n2)C1. The minimum Gasteiger partial charge on any atom is -0.355 e. The zero-order chi connectivity index (χ0) is 18.0. The lowest BCUT2D eigenvalue weighted by molar-refractivity contribution is -0.141. The quantitative estimate of drug-likeness (QED) is 0.837. The highest BCUT2D eigenvalue weighted by molar-refractivity contribution is 5.43. The third kappa shape index (κ3) is 3.60. The van der Waals surface area contributed by atoms with Gasteiger partial charge < -0.3 is 9.80 Å². The third-order valence-corrected chi connectivity index (χ3v) is 4.06. The van der Waals surface area contributed by atoms with Gasteiger partial charge in [-0.05, 0) is 12.5 Å². The molecule has 2 aromatic rings. The van der Waals surface area contributed by atoms with Gasteiger partial charge in [-0.25, -0.2) is 19.9 Å². The molecule has 0 amide bonds. The normalized spacial score (nSPS) is 17.4. The van der Waals surface area contributed by atoms with E-state index in [1.807, 2.05) is 11.0 Å². The zero-order valence-corrected chi connectivity index (χ0v) is 13.3. The Morgan fingerprint density at radius 3 is 2.84 bits per heavy atom. The van der Waals surface area contributed by atoms with Crippen LogP contribution in [-0.2, 0) is 6.18 Å². The number of nitrogens with zero attached hydrogens (tertiary/aromatic N) is 7. The maximum atomic E-state index is 12.8. The van der Waals surface area contributed by atoms with E-state index >= 15 is 0 Å². The molecule has 2 aromatic heterocycles. The Hall–Kier alpha value is -2.96. The first-order valence-electron chi connectivity index (χ1n) is 7.48. The van der Waals surface area contributed by atoms with E-state index in [1.54, 1.807) is 11.9 Å². The number of nitriles is 1. The maximum absolute atomic E-state index is 12.8. The third-order valence-electron chi connectivity index (χ3n) is 4.06. The van der Waals surface area contributed by atoms with E-state index in [9.17, 15) is 13.2 Å². The van der Waals surface area contributed by atoms with Gasteiger partial charge in [0.05, 0.1) is 0 Å². The summed E-state index contributed by atoms with van der Waals surface area (Å²) in [5.41, 5.74) is -0.698. The van der Waals surface area contributed by atoms with Crippen LogP contribution in [0, 0.1) is 11.3 Å². The minimum atomic E-state index is -4.51. The summed E-state index contributed by atoms with van der Waals surface area (Å²) in [5, 5.41) is 8.91. The van der Waals surface area contributed by atoms with Gasteiger partial charge >= 0.3 is 6.18 Å². The Morgan fingerprint density at radius 2 is 2.12 bits per heavy atom. The molecule has 130 valence electrons. The highest BCUT2D eigenvalue weighted by Crippen LogP contribution is 2.30. The Labute approximate surface area is 141 Å². The molecule has 25 heavy (non-hydrogen) atoms. The Bertz CT molecular complexity index is 802. The molecule has 0 N–H and O–H groups in total. The summed E-state index contributed by atoms with van der Waals surface area (Å²) in [7, 11) is 1.70. The van der Waals surface area contributed by atoms with Gasteiger partial charge in [0.15, 0.2) is 0 Å². The first-order chi connectivity index (χ1) is 11.9. The summed E-state index contributed by atoms with van der Waals surface area (Å²) in [6.45, 7) is 1.16. The van der Waals surface area contributed by atoms with Crippen molar-refractivity contribution < 1.29 is 13.2 Å². The minimum absolute atomic E-state index is 0.0506. The summed E-state index contributed by atoms with van der Waals surface area (Å²) < 4.78 is 38.4. The monoisotopic (exact) mass is 349 g/mol. The number of aromatic nitrogens is 4. The topological polar surface area (TPSA) is 81.8 Å². The fourth-order valence-corrected chi connectivity index (χ4v) is 2.68. The van der Waals surface area contributed by atoms with Crippen LogP contribution in [0.1, 0.15) is 17.8 Å². The smallest absolute Gasteiger partial charge is 0.355 e. The number of anilines is 2. The van der Waals surface area contributed by atoms with Crippen LogP contribution in [0.2, 0.25) is 0 Å². The van der Waals surface area contributed by atoms with Gasteiger partial charge in [0.1, 0.15) is 29.6 Å². The van der Waals surface area contributed by atoms with Gasteiger partial charge in [0, 0.05) is 38.4 Å². The second kappa shape index (κ2) is 6.51. The average molecular weight is 349 g/mol. The van der Waals surface area contributed by atoms with E-state index in [2.05, 4.69) is 19.9 Å². The van der Waals surface area contributed by atoms with Crippen molar-refractivity contribution in [2.24, 2.45) is 0 Å². The van der Waals surface area contributed by atoms with Crippen molar-refractivity contribution in [3.8, 4) is 6.07 Å². The van der Waals surface area contributed by atoms with Crippen LogP contribution in [0.25, 0.3) is 0 Å². The van der Waals surface area contributed by atoms with Crippen molar-refractivity contribution in [1.29, 1.82) is 5.26 Å². The number of rotatable bonds is 3. The molecule has 1 fully saturated rings. The van der Waals surface area contributed by atoms with Crippen molar-refractivity contribution >= 4 is 11.8 Å². The van der Waals surface area contributed by atoms with Crippen LogP contribution in [0.5, 0.6) is 0 Å². The fraction of sp³-hybridized carbons (Fsp3) is 0.400. The van der Waals surface area contributed by atoms with Crippen molar-refractivity contribution in [3.05, 3.63) is 36.0 Å². The van der Waals surface area contributed by atoms with Crippen molar-refractivity contribution in [3.63, 3.8) is 0 Å². The van der Waals surface area contributed by atoms with Crippen LogP contribution in [0.3, 0.4) is 0 Å². The van der Waals surface area contributed by atoms with Crippen molar-refractivity contribution in [1.82, 2.24) is 19.9 Å². The van der Waals surface area contributed by atoms with Crippen LogP contribution < -0.4 is 9.80 Å².